The Balaban J connectivity index is 1.83. The average Bonchev–Trinajstić information content (AvgIpc) is 3.32. The zero-order chi connectivity index (χ0) is 21.0. The Bertz CT molecular complexity index is 807. The molecule has 2 aliphatic heterocycles. The molecule has 0 radical (unpaired) electrons. The van der Waals surface area contributed by atoms with Crippen LogP contribution in [-0.4, -0.2) is 52.1 Å². The van der Waals surface area contributed by atoms with Gasteiger partial charge in [0.15, 0.2) is 0 Å². The Morgan fingerprint density at radius 3 is 2.55 bits per heavy atom. The second kappa shape index (κ2) is 8.69. The molecule has 2 saturated heterocycles. The SMILES string of the molecule is CC(C)(C)OC(=O)N1C(/C=C/c2ccccc2)CCC1C(=O)N1CCCC1C#N. The molecular weight excluding hydrogens is 366 g/mol. The first kappa shape index (κ1) is 20.9. The van der Waals surface area contributed by atoms with Gasteiger partial charge in [-0.2, -0.15) is 5.26 Å². The number of carbonyl (C=O) groups is 2. The van der Waals surface area contributed by atoms with Crippen molar-refractivity contribution in [1.82, 2.24) is 9.80 Å². The fourth-order valence-electron chi connectivity index (χ4n) is 3.99. The largest absolute Gasteiger partial charge is 0.444 e. The van der Waals surface area contributed by atoms with Gasteiger partial charge in [0, 0.05) is 6.54 Å². The lowest BCUT2D eigenvalue weighted by Gasteiger charge is -2.33. The molecule has 3 atom stereocenters. The fraction of sp³-hybridized carbons (Fsp3) is 0.522. The van der Waals surface area contributed by atoms with Crippen molar-refractivity contribution in [3.8, 4) is 6.07 Å². The quantitative estimate of drug-likeness (QED) is 0.776. The minimum atomic E-state index is -0.649. The van der Waals surface area contributed by atoms with E-state index >= 15 is 0 Å². The Morgan fingerprint density at radius 1 is 1.17 bits per heavy atom. The van der Waals surface area contributed by atoms with E-state index < -0.39 is 23.8 Å². The Labute approximate surface area is 172 Å². The van der Waals surface area contributed by atoms with Crippen molar-refractivity contribution in [2.45, 2.75) is 70.2 Å². The standard InChI is InChI=1S/C23H29N3O3/c1-23(2,3)29-22(28)26-18(12-11-17-8-5-4-6-9-17)13-14-20(26)21(27)25-15-7-10-19(25)16-24/h4-6,8-9,11-12,18-20H,7,10,13-15H2,1-3H3/b12-11+. The number of likely N-dealkylation sites (tertiary alicyclic amines) is 2. The van der Waals surface area contributed by atoms with E-state index in [-0.39, 0.29) is 11.9 Å². The van der Waals surface area contributed by atoms with Crippen molar-refractivity contribution < 1.29 is 14.3 Å². The van der Waals surface area contributed by atoms with Crippen LogP contribution >= 0.6 is 0 Å². The van der Waals surface area contributed by atoms with Crippen LogP contribution in [0.1, 0.15) is 52.0 Å². The molecule has 2 heterocycles. The number of rotatable bonds is 3. The number of amides is 2. The first-order chi connectivity index (χ1) is 13.8. The first-order valence-electron chi connectivity index (χ1n) is 10.2. The third-order valence-corrected chi connectivity index (χ3v) is 5.31. The molecule has 1 aromatic rings. The van der Waals surface area contributed by atoms with Crippen molar-refractivity contribution in [2.24, 2.45) is 0 Å². The van der Waals surface area contributed by atoms with E-state index in [1.807, 2.05) is 63.3 Å². The molecule has 2 fully saturated rings. The third kappa shape index (κ3) is 4.97. The van der Waals surface area contributed by atoms with Gasteiger partial charge in [-0.05, 0) is 52.0 Å². The highest BCUT2D eigenvalue weighted by Crippen LogP contribution is 2.31. The molecule has 2 aliphatic rings. The van der Waals surface area contributed by atoms with Crippen LogP contribution in [0.5, 0.6) is 0 Å². The van der Waals surface area contributed by atoms with Gasteiger partial charge in [-0.1, -0.05) is 42.5 Å². The topological polar surface area (TPSA) is 73.6 Å². The van der Waals surface area contributed by atoms with Gasteiger partial charge in [0.05, 0.1) is 12.1 Å². The van der Waals surface area contributed by atoms with Crippen LogP contribution in [0, 0.1) is 11.3 Å². The Hall–Kier alpha value is -2.81. The summed E-state index contributed by atoms with van der Waals surface area (Å²) in [5.74, 6) is -0.143. The van der Waals surface area contributed by atoms with Crippen LogP contribution in [0.2, 0.25) is 0 Å². The lowest BCUT2D eigenvalue weighted by molar-refractivity contribution is -0.136. The summed E-state index contributed by atoms with van der Waals surface area (Å²) in [4.78, 5) is 29.4. The number of ether oxygens (including phenoxy) is 1. The van der Waals surface area contributed by atoms with Crippen molar-refractivity contribution in [3.05, 3.63) is 42.0 Å². The molecule has 6 nitrogen and oxygen atoms in total. The molecule has 1 aromatic carbocycles. The molecule has 0 spiro atoms. The highest BCUT2D eigenvalue weighted by atomic mass is 16.6. The Morgan fingerprint density at radius 2 is 1.90 bits per heavy atom. The van der Waals surface area contributed by atoms with Crippen LogP contribution in [0.4, 0.5) is 4.79 Å². The van der Waals surface area contributed by atoms with Gasteiger partial charge in [0.1, 0.15) is 17.7 Å². The van der Waals surface area contributed by atoms with E-state index in [2.05, 4.69) is 6.07 Å². The van der Waals surface area contributed by atoms with Gasteiger partial charge >= 0.3 is 6.09 Å². The minimum Gasteiger partial charge on any atom is -0.444 e. The summed E-state index contributed by atoms with van der Waals surface area (Å²) in [6.45, 7) is 6.02. The predicted molar refractivity (Wildman–Crippen MR) is 111 cm³/mol. The number of nitrogens with zero attached hydrogens (tertiary/aromatic N) is 3. The van der Waals surface area contributed by atoms with Crippen LogP contribution in [0.3, 0.4) is 0 Å². The summed E-state index contributed by atoms with van der Waals surface area (Å²) in [5.41, 5.74) is 0.388. The number of carbonyl (C=O) groups excluding carboxylic acids is 2. The molecule has 0 aromatic heterocycles. The molecule has 2 amide bonds. The smallest absolute Gasteiger partial charge is 0.411 e. The van der Waals surface area contributed by atoms with Crippen LogP contribution in [0.15, 0.2) is 36.4 Å². The minimum absolute atomic E-state index is 0.143. The Kier molecular flexibility index (Phi) is 6.26. The number of hydrogen-bond acceptors (Lipinski definition) is 4. The molecule has 0 N–H and O–H groups in total. The maximum Gasteiger partial charge on any atom is 0.411 e. The molecule has 29 heavy (non-hydrogen) atoms. The first-order valence-corrected chi connectivity index (χ1v) is 10.2. The van der Waals surface area contributed by atoms with E-state index in [4.69, 9.17) is 4.74 Å². The second-order valence-electron chi connectivity index (χ2n) is 8.64. The monoisotopic (exact) mass is 395 g/mol. The van der Waals surface area contributed by atoms with Gasteiger partial charge in [-0.25, -0.2) is 4.79 Å². The van der Waals surface area contributed by atoms with Crippen molar-refractivity contribution in [1.29, 1.82) is 5.26 Å². The molecule has 3 rings (SSSR count). The molecule has 3 unspecified atom stereocenters. The lowest BCUT2D eigenvalue weighted by Crippen LogP contribution is -2.52. The summed E-state index contributed by atoms with van der Waals surface area (Å²) in [7, 11) is 0. The van der Waals surface area contributed by atoms with E-state index in [1.165, 1.54) is 0 Å². The van der Waals surface area contributed by atoms with Crippen LogP contribution in [-0.2, 0) is 9.53 Å². The number of benzene rings is 1. The normalized spacial score (nSPS) is 24.7. The van der Waals surface area contributed by atoms with Crippen LogP contribution in [0.25, 0.3) is 6.08 Å². The van der Waals surface area contributed by atoms with E-state index in [1.54, 1.807) is 9.80 Å². The highest BCUT2D eigenvalue weighted by molar-refractivity contribution is 5.87. The molecule has 154 valence electrons. The number of hydrogen-bond donors (Lipinski definition) is 0. The maximum atomic E-state index is 13.2. The van der Waals surface area contributed by atoms with Crippen molar-refractivity contribution in [2.75, 3.05) is 6.54 Å². The van der Waals surface area contributed by atoms with E-state index in [0.717, 1.165) is 12.0 Å². The van der Waals surface area contributed by atoms with Crippen molar-refractivity contribution in [3.63, 3.8) is 0 Å². The molecule has 0 bridgehead atoms. The zero-order valence-electron chi connectivity index (χ0n) is 17.4. The predicted octanol–water partition coefficient (Wildman–Crippen LogP) is 3.98. The van der Waals surface area contributed by atoms with Gasteiger partial charge in [-0.3, -0.25) is 9.69 Å². The zero-order valence-corrected chi connectivity index (χ0v) is 17.4. The lowest BCUT2D eigenvalue weighted by atomic mass is 10.1. The van der Waals surface area contributed by atoms with Gasteiger partial charge in [0.2, 0.25) is 5.91 Å². The van der Waals surface area contributed by atoms with Gasteiger partial charge < -0.3 is 9.64 Å². The van der Waals surface area contributed by atoms with E-state index in [0.29, 0.717) is 25.8 Å². The summed E-state index contributed by atoms with van der Waals surface area (Å²) in [6.07, 6.45) is 6.23. The highest BCUT2D eigenvalue weighted by Gasteiger charge is 2.45. The van der Waals surface area contributed by atoms with Gasteiger partial charge in [0.25, 0.3) is 0 Å². The summed E-state index contributed by atoms with van der Waals surface area (Å²) >= 11 is 0. The maximum absolute atomic E-state index is 13.2. The van der Waals surface area contributed by atoms with Gasteiger partial charge in [-0.15, -0.1) is 0 Å². The third-order valence-electron chi connectivity index (χ3n) is 5.31. The van der Waals surface area contributed by atoms with Crippen LogP contribution < -0.4 is 0 Å². The summed E-state index contributed by atoms with van der Waals surface area (Å²) in [6, 6.07) is 10.9. The molecule has 6 heteroatoms. The average molecular weight is 396 g/mol. The molecule has 0 aliphatic carbocycles. The number of nitriles is 1. The summed E-state index contributed by atoms with van der Waals surface area (Å²) in [5, 5.41) is 9.36. The molecule has 0 saturated carbocycles. The van der Waals surface area contributed by atoms with E-state index in [9.17, 15) is 14.9 Å². The fourth-order valence-corrected chi connectivity index (χ4v) is 3.99. The van der Waals surface area contributed by atoms with Crippen molar-refractivity contribution >= 4 is 18.1 Å². The summed E-state index contributed by atoms with van der Waals surface area (Å²) < 4.78 is 5.62. The second-order valence-corrected chi connectivity index (χ2v) is 8.64. The molecular formula is C23H29N3O3.